The molecular weight excluding hydrogens is 499 g/mol. The molecule has 1 aromatic carbocycles. The van der Waals surface area contributed by atoms with E-state index in [9.17, 15) is 31.7 Å². The molecule has 0 N–H and O–H groups in total. The summed E-state index contributed by atoms with van der Waals surface area (Å²) in [5.74, 6) is -6.45. The summed E-state index contributed by atoms with van der Waals surface area (Å²) < 4.78 is 68.8. The molecule has 1 aliphatic heterocycles. The fraction of sp³-hybridized carbons (Fsp3) is 0.625. The minimum atomic E-state index is -4.58. The highest BCUT2D eigenvalue weighted by Gasteiger charge is 2.70. The highest BCUT2D eigenvalue weighted by atomic mass is 32.2. The topological polar surface area (TPSA) is 145 Å². The first-order valence-electron chi connectivity index (χ1n) is 12.0. The number of esters is 3. The Hall–Kier alpha value is -2.73. The molecule has 0 amide bonds. The monoisotopic (exact) mass is 525 g/mol. The summed E-state index contributed by atoms with van der Waals surface area (Å²) in [6.45, 7) is 1.27. The van der Waals surface area contributed by atoms with E-state index in [-0.39, 0.29) is 17.2 Å². The zero-order chi connectivity index (χ0) is 25.8. The van der Waals surface area contributed by atoms with Gasteiger partial charge in [-0.3, -0.25) is 9.59 Å². The summed E-state index contributed by atoms with van der Waals surface area (Å²) >= 11 is 0. The van der Waals surface area contributed by atoms with Crippen molar-refractivity contribution in [2.24, 2.45) is 23.7 Å². The summed E-state index contributed by atoms with van der Waals surface area (Å²) in [5, 5.41) is 0. The number of hydrogen-bond acceptors (Lipinski definition) is 10. The second kappa shape index (κ2) is 8.98. The molecule has 0 aromatic heterocycles. The number of hydrogen-bond donors (Lipinski definition) is 0. The van der Waals surface area contributed by atoms with E-state index in [1.807, 2.05) is 6.92 Å². The first-order chi connectivity index (χ1) is 17.0. The molecule has 1 heterocycles. The largest absolute Gasteiger partial charge is 0.748 e. The van der Waals surface area contributed by atoms with E-state index in [0.717, 1.165) is 31.7 Å². The van der Waals surface area contributed by atoms with Gasteiger partial charge in [0.05, 0.1) is 33.3 Å². The maximum Gasteiger partial charge on any atom is 0.338 e. The number of benzene rings is 1. The van der Waals surface area contributed by atoms with Crippen molar-refractivity contribution in [3.05, 3.63) is 29.6 Å². The number of ether oxygens (including phenoxy) is 4. The van der Waals surface area contributed by atoms with Crippen LogP contribution in [0.2, 0.25) is 0 Å². The van der Waals surface area contributed by atoms with Crippen LogP contribution in [-0.2, 0) is 33.9 Å². The van der Waals surface area contributed by atoms with E-state index in [4.69, 9.17) is 18.9 Å². The Morgan fingerprint density at radius 1 is 1.22 bits per heavy atom. The zero-order valence-corrected chi connectivity index (χ0v) is 20.3. The van der Waals surface area contributed by atoms with Gasteiger partial charge in [0, 0.05) is 11.8 Å². The van der Waals surface area contributed by atoms with Crippen LogP contribution in [0, 0.1) is 29.5 Å². The second-order valence-electron chi connectivity index (χ2n) is 10.2. The number of fused-ring (bicyclic) bond motifs is 1. The van der Waals surface area contributed by atoms with Gasteiger partial charge in [0.1, 0.15) is 24.4 Å². The van der Waals surface area contributed by atoms with Crippen molar-refractivity contribution in [1.82, 2.24) is 0 Å². The first-order valence-corrected chi connectivity index (χ1v) is 13.5. The van der Waals surface area contributed by atoms with Gasteiger partial charge < -0.3 is 23.5 Å². The van der Waals surface area contributed by atoms with E-state index in [1.54, 1.807) is 0 Å². The van der Waals surface area contributed by atoms with Crippen molar-refractivity contribution in [1.29, 1.82) is 0 Å². The summed E-state index contributed by atoms with van der Waals surface area (Å²) in [7, 11) is -4.58. The van der Waals surface area contributed by atoms with E-state index >= 15 is 0 Å². The van der Waals surface area contributed by atoms with E-state index in [1.165, 1.54) is 12.1 Å². The van der Waals surface area contributed by atoms with Crippen molar-refractivity contribution in [3.63, 3.8) is 0 Å². The predicted molar refractivity (Wildman–Crippen MR) is 117 cm³/mol. The van der Waals surface area contributed by atoms with Crippen LogP contribution in [0.3, 0.4) is 0 Å². The summed E-state index contributed by atoms with van der Waals surface area (Å²) in [5.41, 5.74) is -0.462. The van der Waals surface area contributed by atoms with Crippen molar-refractivity contribution >= 4 is 28.0 Å². The maximum atomic E-state index is 14.4. The van der Waals surface area contributed by atoms with Gasteiger partial charge in [-0.2, -0.15) is 0 Å². The number of carbonyl (C=O) groups is 3. The molecule has 0 spiro atoms. The van der Waals surface area contributed by atoms with Crippen LogP contribution in [0.1, 0.15) is 49.4 Å². The van der Waals surface area contributed by atoms with Crippen LogP contribution < -0.4 is 4.74 Å². The minimum Gasteiger partial charge on any atom is -0.748 e. The van der Waals surface area contributed by atoms with Crippen LogP contribution in [0.4, 0.5) is 4.39 Å². The molecule has 196 valence electrons. The molecule has 4 aliphatic rings. The van der Waals surface area contributed by atoms with E-state index in [0.29, 0.717) is 6.42 Å². The lowest BCUT2D eigenvalue weighted by Gasteiger charge is -2.30. The Morgan fingerprint density at radius 2 is 1.94 bits per heavy atom. The number of rotatable bonds is 8. The third kappa shape index (κ3) is 4.56. The molecule has 4 fully saturated rings. The molecule has 2 bridgehead atoms. The van der Waals surface area contributed by atoms with Gasteiger partial charge in [0.25, 0.3) is 0 Å². The standard InChI is InChI=1S/C24H27FO10S/c1-24(6-2-3-7-24)35-16-10-12(4-5-15(16)25)21(26)33-19-13-11-14-18(23(28)34-20(14)19)17(13)22(27)32-8-9-36(29,30)31/h4-5,10,13-14,17-20H,2-3,6-9,11H2,1H3,(H,29,30,31)/p-1. The highest BCUT2D eigenvalue weighted by molar-refractivity contribution is 7.85. The van der Waals surface area contributed by atoms with Gasteiger partial charge in [-0.1, -0.05) is 0 Å². The SMILES string of the molecule is CC1(Oc2cc(C(=O)OC3C4CC5C3OC(=O)C5C4C(=O)OCCS(=O)(=O)[O-])ccc2F)CCCC1. The Kier molecular flexibility index (Phi) is 6.22. The van der Waals surface area contributed by atoms with Crippen LogP contribution in [0.25, 0.3) is 0 Å². The molecule has 6 unspecified atom stereocenters. The fourth-order valence-corrected chi connectivity index (χ4v) is 6.49. The Labute approximate surface area is 207 Å². The predicted octanol–water partition coefficient (Wildman–Crippen LogP) is 1.96. The lowest BCUT2D eigenvalue weighted by Crippen LogP contribution is -2.44. The van der Waals surface area contributed by atoms with Gasteiger partial charge >= 0.3 is 17.9 Å². The molecule has 36 heavy (non-hydrogen) atoms. The molecule has 12 heteroatoms. The lowest BCUT2D eigenvalue weighted by atomic mass is 9.78. The number of carbonyl (C=O) groups excluding carboxylic acids is 3. The summed E-state index contributed by atoms with van der Waals surface area (Å²) in [4.78, 5) is 38.2. The molecule has 6 atom stereocenters. The van der Waals surface area contributed by atoms with E-state index in [2.05, 4.69) is 0 Å². The second-order valence-corrected chi connectivity index (χ2v) is 11.7. The molecule has 5 rings (SSSR count). The molecule has 3 aliphatic carbocycles. The highest BCUT2D eigenvalue weighted by Crippen LogP contribution is 2.59. The van der Waals surface area contributed by atoms with Crippen molar-refractivity contribution < 1.29 is 50.7 Å². The normalized spacial score (nSPS) is 31.8. The van der Waals surface area contributed by atoms with Crippen molar-refractivity contribution in [3.8, 4) is 5.75 Å². The van der Waals surface area contributed by atoms with Crippen molar-refractivity contribution in [2.45, 2.75) is 56.8 Å². The van der Waals surface area contributed by atoms with Crippen LogP contribution in [-0.4, -0.2) is 61.0 Å². The average Bonchev–Trinajstić information content (AvgIpc) is 3.52. The molecule has 1 saturated heterocycles. The van der Waals surface area contributed by atoms with Gasteiger partial charge in [-0.15, -0.1) is 0 Å². The Balaban J connectivity index is 1.30. The number of halogens is 1. The van der Waals surface area contributed by atoms with Crippen molar-refractivity contribution in [2.75, 3.05) is 12.4 Å². The third-order valence-corrected chi connectivity index (χ3v) is 8.49. The lowest BCUT2D eigenvalue weighted by molar-refractivity contribution is -0.155. The van der Waals surface area contributed by atoms with Crippen LogP contribution in [0.15, 0.2) is 18.2 Å². The molecule has 3 saturated carbocycles. The van der Waals surface area contributed by atoms with E-state index < -0.39 is 81.8 Å². The maximum absolute atomic E-state index is 14.4. The van der Waals surface area contributed by atoms with Gasteiger partial charge in [-0.05, 0) is 57.2 Å². The van der Waals surface area contributed by atoms with Gasteiger partial charge in [0.2, 0.25) is 0 Å². The Morgan fingerprint density at radius 3 is 2.64 bits per heavy atom. The van der Waals surface area contributed by atoms with Gasteiger partial charge in [0.15, 0.2) is 11.6 Å². The molecule has 10 nitrogen and oxygen atoms in total. The zero-order valence-electron chi connectivity index (χ0n) is 19.5. The minimum absolute atomic E-state index is 0.0519. The molecule has 0 radical (unpaired) electrons. The molecular formula is C24H26FO10S-. The van der Waals surface area contributed by atoms with Crippen LogP contribution in [0.5, 0.6) is 5.75 Å². The molecule has 1 aromatic rings. The third-order valence-electron chi connectivity index (χ3n) is 7.82. The average molecular weight is 526 g/mol. The summed E-state index contributed by atoms with van der Waals surface area (Å²) in [6.07, 6.45) is 2.25. The Bertz CT molecular complexity index is 1190. The summed E-state index contributed by atoms with van der Waals surface area (Å²) in [6, 6.07) is 3.68. The van der Waals surface area contributed by atoms with Gasteiger partial charge in [-0.25, -0.2) is 17.6 Å². The fourth-order valence-electron chi connectivity index (χ4n) is 6.20. The first kappa shape index (κ1) is 24.9. The quantitative estimate of drug-likeness (QED) is 0.280. The smallest absolute Gasteiger partial charge is 0.338 e. The van der Waals surface area contributed by atoms with Crippen LogP contribution >= 0.6 is 0 Å².